The van der Waals surface area contributed by atoms with Gasteiger partial charge in [0.05, 0.1) is 5.02 Å². The predicted molar refractivity (Wildman–Crippen MR) is 64.4 cm³/mol. The van der Waals surface area contributed by atoms with Crippen LogP contribution in [0, 0.1) is 0 Å². The van der Waals surface area contributed by atoms with E-state index >= 15 is 0 Å². The van der Waals surface area contributed by atoms with Crippen LogP contribution in [0.1, 0.15) is 10.5 Å². The molecule has 0 saturated heterocycles. The number of carboxylic acids is 1. The van der Waals surface area contributed by atoms with Crippen molar-refractivity contribution in [3.05, 3.63) is 46.2 Å². The van der Waals surface area contributed by atoms with Crippen molar-refractivity contribution in [2.75, 3.05) is 0 Å². The van der Waals surface area contributed by atoms with Crippen molar-refractivity contribution in [1.82, 2.24) is 9.97 Å². The summed E-state index contributed by atoms with van der Waals surface area (Å²) in [6, 6.07) is 8.06. The van der Waals surface area contributed by atoms with Crippen LogP contribution >= 0.6 is 23.2 Å². The van der Waals surface area contributed by atoms with Crippen molar-refractivity contribution in [3.63, 3.8) is 0 Å². The molecule has 0 unspecified atom stereocenters. The molecular weight excluding hydrogens is 263 g/mol. The van der Waals surface area contributed by atoms with Crippen molar-refractivity contribution < 1.29 is 9.90 Å². The minimum atomic E-state index is -1.16. The Hall–Kier alpha value is -1.65. The van der Waals surface area contributed by atoms with Gasteiger partial charge in [-0.3, -0.25) is 0 Å². The highest BCUT2D eigenvalue weighted by atomic mass is 35.5. The maximum absolute atomic E-state index is 10.8. The van der Waals surface area contributed by atoms with Crippen molar-refractivity contribution in [1.29, 1.82) is 0 Å². The normalized spacial score (nSPS) is 10.2. The Kier molecular flexibility index (Phi) is 3.26. The Morgan fingerprint density at radius 1 is 1.18 bits per heavy atom. The second-order valence-electron chi connectivity index (χ2n) is 3.18. The van der Waals surface area contributed by atoms with Crippen molar-refractivity contribution in [3.8, 4) is 11.4 Å². The van der Waals surface area contributed by atoms with E-state index < -0.39 is 5.97 Å². The van der Waals surface area contributed by atoms with Gasteiger partial charge in [-0.25, -0.2) is 14.8 Å². The van der Waals surface area contributed by atoms with Gasteiger partial charge in [-0.1, -0.05) is 35.3 Å². The lowest BCUT2D eigenvalue weighted by Gasteiger charge is -2.04. The Labute approximate surface area is 107 Å². The van der Waals surface area contributed by atoms with E-state index in [2.05, 4.69) is 9.97 Å². The highest BCUT2D eigenvalue weighted by Crippen LogP contribution is 2.25. The first-order valence-electron chi connectivity index (χ1n) is 4.60. The lowest BCUT2D eigenvalue weighted by molar-refractivity contribution is 0.0690. The fourth-order valence-corrected chi connectivity index (χ4v) is 1.69. The van der Waals surface area contributed by atoms with Gasteiger partial charge >= 0.3 is 5.97 Å². The number of carboxylic acid groups (broad SMARTS) is 1. The Morgan fingerprint density at radius 2 is 1.88 bits per heavy atom. The summed E-state index contributed by atoms with van der Waals surface area (Å²) in [6.45, 7) is 0. The summed E-state index contributed by atoms with van der Waals surface area (Å²) in [5, 5.41) is 9.37. The van der Waals surface area contributed by atoms with E-state index in [1.165, 1.54) is 6.07 Å². The lowest BCUT2D eigenvalue weighted by atomic mass is 10.2. The number of aromatic carboxylic acids is 1. The second-order valence-corrected chi connectivity index (χ2v) is 3.98. The third-order valence-corrected chi connectivity index (χ3v) is 2.55. The molecule has 0 bridgehead atoms. The van der Waals surface area contributed by atoms with Crippen LogP contribution in [0.25, 0.3) is 11.4 Å². The van der Waals surface area contributed by atoms with Crippen LogP contribution in [0.4, 0.5) is 0 Å². The standard InChI is InChI=1S/C11H6Cl2N2O2/c12-7-4-2-1-3-6(7)10-14-8(11(16)17)5-9(13)15-10/h1-5H,(H,16,17). The first kappa shape index (κ1) is 11.8. The van der Waals surface area contributed by atoms with Gasteiger partial charge in [0.15, 0.2) is 11.5 Å². The molecule has 0 spiro atoms. The van der Waals surface area contributed by atoms with Crippen LogP contribution in [-0.2, 0) is 0 Å². The highest BCUT2D eigenvalue weighted by molar-refractivity contribution is 6.33. The van der Waals surface area contributed by atoms with E-state index in [-0.39, 0.29) is 16.7 Å². The monoisotopic (exact) mass is 268 g/mol. The van der Waals surface area contributed by atoms with Crippen molar-refractivity contribution >= 4 is 29.2 Å². The fourth-order valence-electron chi connectivity index (χ4n) is 1.29. The highest BCUT2D eigenvalue weighted by Gasteiger charge is 2.12. The minimum Gasteiger partial charge on any atom is -0.477 e. The number of rotatable bonds is 2. The smallest absolute Gasteiger partial charge is 0.354 e. The maximum atomic E-state index is 10.8. The summed E-state index contributed by atoms with van der Waals surface area (Å²) in [6.07, 6.45) is 0. The zero-order chi connectivity index (χ0) is 12.4. The van der Waals surface area contributed by atoms with Gasteiger partial charge in [0, 0.05) is 11.6 Å². The lowest BCUT2D eigenvalue weighted by Crippen LogP contribution is -2.03. The van der Waals surface area contributed by atoms with Crippen LogP contribution < -0.4 is 0 Å². The summed E-state index contributed by atoms with van der Waals surface area (Å²) in [7, 11) is 0. The molecule has 2 rings (SSSR count). The summed E-state index contributed by atoms with van der Waals surface area (Å²) < 4.78 is 0. The Balaban J connectivity index is 2.60. The molecule has 0 radical (unpaired) electrons. The average Bonchev–Trinajstić information content (AvgIpc) is 2.28. The SMILES string of the molecule is O=C(O)c1cc(Cl)nc(-c2ccccc2Cl)n1. The first-order chi connectivity index (χ1) is 8.08. The number of carbonyl (C=O) groups is 1. The van der Waals surface area contributed by atoms with Crippen LogP contribution in [0.5, 0.6) is 0 Å². The number of hydrogen-bond donors (Lipinski definition) is 1. The van der Waals surface area contributed by atoms with Gasteiger partial charge in [-0.15, -0.1) is 0 Å². The second kappa shape index (κ2) is 4.69. The van der Waals surface area contributed by atoms with Gasteiger partial charge < -0.3 is 5.11 Å². The summed E-state index contributed by atoms with van der Waals surface area (Å²) in [5.74, 6) is -0.969. The maximum Gasteiger partial charge on any atom is 0.354 e. The molecule has 0 aliphatic heterocycles. The Morgan fingerprint density at radius 3 is 2.53 bits per heavy atom. The molecular formula is C11H6Cl2N2O2. The number of benzene rings is 1. The van der Waals surface area contributed by atoms with Gasteiger partial charge in [0.2, 0.25) is 0 Å². The molecule has 1 heterocycles. The zero-order valence-corrected chi connectivity index (χ0v) is 9.90. The molecule has 0 aliphatic carbocycles. The van der Waals surface area contributed by atoms with Crippen molar-refractivity contribution in [2.45, 2.75) is 0 Å². The molecule has 0 aliphatic rings. The third kappa shape index (κ3) is 2.54. The van der Waals surface area contributed by atoms with Crippen molar-refractivity contribution in [2.24, 2.45) is 0 Å². The summed E-state index contributed by atoms with van der Waals surface area (Å²) in [4.78, 5) is 18.7. The van der Waals surface area contributed by atoms with Gasteiger partial charge in [0.1, 0.15) is 5.15 Å². The quantitative estimate of drug-likeness (QED) is 0.850. The number of nitrogens with zero attached hydrogens (tertiary/aromatic N) is 2. The topological polar surface area (TPSA) is 63.1 Å². The molecule has 0 amide bonds. The van der Waals surface area contributed by atoms with Gasteiger partial charge in [0.25, 0.3) is 0 Å². The van der Waals surface area contributed by atoms with E-state index in [1.807, 2.05) is 0 Å². The molecule has 1 N–H and O–H groups in total. The Bertz CT molecular complexity index is 587. The molecule has 1 aromatic carbocycles. The van der Waals surface area contributed by atoms with Gasteiger partial charge in [-0.2, -0.15) is 0 Å². The van der Waals surface area contributed by atoms with E-state index in [4.69, 9.17) is 28.3 Å². The third-order valence-electron chi connectivity index (χ3n) is 2.03. The molecule has 0 saturated carbocycles. The molecule has 1 aromatic heterocycles. The fraction of sp³-hybridized carbons (Fsp3) is 0. The number of halogens is 2. The van der Waals surface area contributed by atoms with Gasteiger partial charge in [-0.05, 0) is 12.1 Å². The van der Waals surface area contributed by atoms with E-state index in [1.54, 1.807) is 24.3 Å². The molecule has 6 heteroatoms. The van der Waals surface area contributed by atoms with Crippen LogP contribution in [-0.4, -0.2) is 21.0 Å². The van der Waals surface area contributed by atoms with Crippen LogP contribution in [0.2, 0.25) is 10.2 Å². The number of hydrogen-bond acceptors (Lipinski definition) is 3. The number of aromatic nitrogens is 2. The molecule has 2 aromatic rings. The van der Waals surface area contributed by atoms with E-state index in [0.717, 1.165) is 0 Å². The molecule has 17 heavy (non-hydrogen) atoms. The molecule has 4 nitrogen and oxygen atoms in total. The molecule has 86 valence electrons. The molecule has 0 fully saturated rings. The first-order valence-corrected chi connectivity index (χ1v) is 5.36. The minimum absolute atomic E-state index is 0.0623. The average molecular weight is 269 g/mol. The zero-order valence-electron chi connectivity index (χ0n) is 8.39. The van der Waals surface area contributed by atoms with E-state index in [9.17, 15) is 4.79 Å². The molecule has 0 atom stereocenters. The van der Waals surface area contributed by atoms with Crippen LogP contribution in [0.15, 0.2) is 30.3 Å². The largest absolute Gasteiger partial charge is 0.477 e. The predicted octanol–water partition coefficient (Wildman–Crippen LogP) is 3.15. The van der Waals surface area contributed by atoms with Crippen LogP contribution in [0.3, 0.4) is 0 Å². The summed E-state index contributed by atoms with van der Waals surface area (Å²) >= 11 is 11.7. The summed E-state index contributed by atoms with van der Waals surface area (Å²) in [5.41, 5.74) is 0.374. The van der Waals surface area contributed by atoms with E-state index in [0.29, 0.717) is 10.6 Å².